The fourth-order valence-corrected chi connectivity index (χ4v) is 4.60. The molecule has 7 heteroatoms. The highest BCUT2D eigenvalue weighted by Crippen LogP contribution is 2.31. The van der Waals surface area contributed by atoms with Crippen LogP contribution in [0.2, 0.25) is 0 Å². The molecule has 0 spiro atoms. The third kappa shape index (κ3) is 3.45. The van der Waals surface area contributed by atoms with E-state index in [1.54, 1.807) is 36.0 Å². The Morgan fingerprint density at radius 3 is 2.60 bits per heavy atom. The average Bonchev–Trinajstić information content (AvgIpc) is 3.35. The molecular weight excluding hydrogens is 400 g/mol. The van der Waals surface area contributed by atoms with Crippen LogP contribution in [0.15, 0.2) is 68.1 Å². The van der Waals surface area contributed by atoms with Crippen LogP contribution in [0, 0.1) is 0 Å². The Morgan fingerprint density at radius 1 is 1.27 bits per heavy atom. The SMILES string of the molecule is COC(=O)C1=C(C)N=c2s/c(=C\c3ccco3)c(=O)n2[C@H]1c1ccc(C(C)C)cc1. The third-order valence-corrected chi connectivity index (χ3v) is 6.15. The monoisotopic (exact) mass is 422 g/mol. The number of carbonyl (C=O) groups excluding carboxylic acids is 1. The largest absolute Gasteiger partial charge is 0.466 e. The van der Waals surface area contributed by atoms with Crippen molar-refractivity contribution < 1.29 is 13.9 Å². The molecule has 1 atom stereocenters. The summed E-state index contributed by atoms with van der Waals surface area (Å²) in [6, 6.07) is 10.9. The first kappa shape index (κ1) is 20.1. The Bertz CT molecular complexity index is 1290. The Balaban J connectivity index is 1.95. The molecule has 3 heterocycles. The Morgan fingerprint density at radius 2 is 2.00 bits per heavy atom. The van der Waals surface area contributed by atoms with E-state index in [-0.39, 0.29) is 5.56 Å². The summed E-state index contributed by atoms with van der Waals surface area (Å²) in [4.78, 5) is 31.1. The van der Waals surface area contributed by atoms with Gasteiger partial charge >= 0.3 is 5.97 Å². The standard InChI is InChI=1S/C23H22N2O4S/c1-13(2)15-7-9-16(10-8-15)20-19(22(27)28-4)14(3)24-23-25(20)21(26)18(30-23)12-17-6-5-11-29-17/h5-13,20H,1-4H3/b18-12-/t20-/m0/s1. The van der Waals surface area contributed by atoms with Gasteiger partial charge in [-0.25, -0.2) is 9.79 Å². The maximum Gasteiger partial charge on any atom is 0.338 e. The first-order valence-electron chi connectivity index (χ1n) is 9.65. The van der Waals surface area contributed by atoms with E-state index in [0.717, 1.165) is 5.56 Å². The lowest BCUT2D eigenvalue weighted by molar-refractivity contribution is -0.136. The Labute approximate surface area is 177 Å². The maximum absolute atomic E-state index is 13.3. The van der Waals surface area contributed by atoms with E-state index in [0.29, 0.717) is 32.3 Å². The number of thiazole rings is 1. The number of hydrogen-bond donors (Lipinski definition) is 0. The minimum absolute atomic E-state index is 0.220. The lowest BCUT2D eigenvalue weighted by Crippen LogP contribution is -2.39. The van der Waals surface area contributed by atoms with E-state index in [9.17, 15) is 9.59 Å². The first-order valence-corrected chi connectivity index (χ1v) is 10.5. The fourth-order valence-electron chi connectivity index (χ4n) is 3.57. The van der Waals surface area contributed by atoms with Crippen LogP contribution in [-0.4, -0.2) is 17.6 Å². The van der Waals surface area contributed by atoms with Crippen LogP contribution in [0.25, 0.3) is 6.08 Å². The smallest absolute Gasteiger partial charge is 0.338 e. The maximum atomic E-state index is 13.3. The van der Waals surface area contributed by atoms with Gasteiger partial charge < -0.3 is 9.15 Å². The lowest BCUT2D eigenvalue weighted by Gasteiger charge is -2.24. The van der Waals surface area contributed by atoms with Crippen LogP contribution in [0.3, 0.4) is 0 Å². The molecule has 1 aliphatic heterocycles. The number of benzene rings is 1. The van der Waals surface area contributed by atoms with Gasteiger partial charge in [0.15, 0.2) is 4.80 Å². The van der Waals surface area contributed by atoms with Crippen molar-refractivity contribution in [2.24, 2.45) is 4.99 Å². The number of ether oxygens (including phenoxy) is 1. The molecule has 0 unspecified atom stereocenters. The number of fused-ring (bicyclic) bond motifs is 1. The number of nitrogens with zero attached hydrogens (tertiary/aromatic N) is 2. The van der Waals surface area contributed by atoms with Crippen molar-refractivity contribution in [3.8, 4) is 0 Å². The van der Waals surface area contributed by atoms with Crippen molar-refractivity contribution in [2.45, 2.75) is 32.7 Å². The molecule has 0 fully saturated rings. The molecule has 0 amide bonds. The van der Waals surface area contributed by atoms with Crippen LogP contribution in [0.5, 0.6) is 0 Å². The summed E-state index contributed by atoms with van der Waals surface area (Å²) in [7, 11) is 1.34. The molecule has 1 aromatic carbocycles. The van der Waals surface area contributed by atoms with Gasteiger partial charge in [0.2, 0.25) is 0 Å². The van der Waals surface area contributed by atoms with Crippen LogP contribution in [-0.2, 0) is 9.53 Å². The number of esters is 1. The first-order chi connectivity index (χ1) is 14.4. The molecule has 0 radical (unpaired) electrons. The Hall–Kier alpha value is -3.19. The van der Waals surface area contributed by atoms with Gasteiger partial charge in [0.1, 0.15) is 5.76 Å². The van der Waals surface area contributed by atoms with E-state index < -0.39 is 12.0 Å². The van der Waals surface area contributed by atoms with Crippen molar-refractivity contribution in [2.75, 3.05) is 7.11 Å². The van der Waals surface area contributed by atoms with Gasteiger partial charge in [-0.3, -0.25) is 9.36 Å². The molecule has 2 aromatic heterocycles. The van der Waals surface area contributed by atoms with Gasteiger partial charge in [-0.15, -0.1) is 0 Å². The molecule has 0 aliphatic carbocycles. The molecule has 6 nitrogen and oxygen atoms in total. The summed E-state index contributed by atoms with van der Waals surface area (Å²) in [6.07, 6.45) is 3.25. The zero-order chi connectivity index (χ0) is 21.4. The van der Waals surface area contributed by atoms with Crippen molar-refractivity contribution in [1.29, 1.82) is 0 Å². The molecule has 0 N–H and O–H groups in total. The number of allylic oxidation sites excluding steroid dienone is 1. The van der Waals surface area contributed by atoms with Crippen LogP contribution in [0.4, 0.5) is 0 Å². The number of aromatic nitrogens is 1. The summed E-state index contributed by atoms with van der Waals surface area (Å²) in [5, 5.41) is 0. The summed E-state index contributed by atoms with van der Waals surface area (Å²) >= 11 is 1.27. The van der Waals surface area contributed by atoms with Crippen LogP contribution in [0.1, 0.15) is 49.6 Å². The summed E-state index contributed by atoms with van der Waals surface area (Å²) in [5.41, 5.74) is 2.71. The topological polar surface area (TPSA) is 73.8 Å². The number of rotatable bonds is 4. The fraction of sp³-hybridized carbons (Fsp3) is 0.261. The number of furan rings is 1. The summed E-state index contributed by atoms with van der Waals surface area (Å²) < 4.78 is 12.5. The minimum Gasteiger partial charge on any atom is -0.466 e. The second-order valence-electron chi connectivity index (χ2n) is 7.41. The van der Waals surface area contributed by atoms with Crippen molar-refractivity contribution in [3.05, 3.63) is 90.5 Å². The molecule has 0 saturated heterocycles. The molecule has 0 bridgehead atoms. The highest BCUT2D eigenvalue weighted by molar-refractivity contribution is 7.07. The molecule has 3 aromatic rings. The van der Waals surface area contributed by atoms with Crippen molar-refractivity contribution in [1.82, 2.24) is 4.57 Å². The highest BCUT2D eigenvalue weighted by Gasteiger charge is 2.33. The van der Waals surface area contributed by atoms with Gasteiger partial charge in [-0.2, -0.15) is 0 Å². The van der Waals surface area contributed by atoms with Gasteiger partial charge in [0.25, 0.3) is 5.56 Å². The molecular formula is C23H22N2O4S. The van der Waals surface area contributed by atoms with E-state index in [4.69, 9.17) is 9.15 Å². The second-order valence-corrected chi connectivity index (χ2v) is 8.42. The van der Waals surface area contributed by atoms with Crippen LogP contribution >= 0.6 is 11.3 Å². The number of carbonyl (C=O) groups is 1. The summed E-state index contributed by atoms with van der Waals surface area (Å²) in [6.45, 7) is 6.01. The Kier molecular flexibility index (Phi) is 5.30. The molecule has 4 rings (SSSR count). The zero-order valence-electron chi connectivity index (χ0n) is 17.2. The van der Waals surface area contributed by atoms with E-state index in [1.807, 2.05) is 24.3 Å². The molecule has 1 aliphatic rings. The predicted octanol–water partition coefficient (Wildman–Crippen LogP) is 3.12. The molecule has 30 heavy (non-hydrogen) atoms. The molecule has 154 valence electrons. The van der Waals surface area contributed by atoms with E-state index in [2.05, 4.69) is 18.8 Å². The van der Waals surface area contributed by atoms with E-state index >= 15 is 0 Å². The second kappa shape index (κ2) is 7.91. The average molecular weight is 423 g/mol. The summed E-state index contributed by atoms with van der Waals surface area (Å²) in [5.74, 6) is 0.475. The quantitative estimate of drug-likeness (QED) is 0.606. The molecule has 0 saturated carbocycles. The minimum atomic E-state index is -0.603. The van der Waals surface area contributed by atoms with Gasteiger partial charge in [0.05, 0.1) is 35.2 Å². The number of hydrogen-bond acceptors (Lipinski definition) is 6. The van der Waals surface area contributed by atoms with E-state index in [1.165, 1.54) is 24.0 Å². The van der Waals surface area contributed by atoms with Gasteiger partial charge in [-0.05, 0) is 36.1 Å². The highest BCUT2D eigenvalue weighted by atomic mass is 32.1. The predicted molar refractivity (Wildman–Crippen MR) is 115 cm³/mol. The van der Waals surface area contributed by atoms with Gasteiger partial charge in [0, 0.05) is 6.08 Å². The lowest BCUT2D eigenvalue weighted by atomic mass is 9.93. The van der Waals surface area contributed by atoms with Gasteiger partial charge in [-0.1, -0.05) is 49.4 Å². The van der Waals surface area contributed by atoms with Crippen molar-refractivity contribution in [3.63, 3.8) is 0 Å². The number of methoxy groups -OCH3 is 1. The normalized spacial score (nSPS) is 16.6. The third-order valence-electron chi connectivity index (χ3n) is 5.16. The van der Waals surface area contributed by atoms with Crippen LogP contribution < -0.4 is 14.9 Å². The van der Waals surface area contributed by atoms with Crippen molar-refractivity contribution >= 4 is 23.4 Å². The zero-order valence-corrected chi connectivity index (χ0v) is 18.0.